The molecule has 4 nitrogen and oxygen atoms in total. The van der Waals surface area contributed by atoms with Gasteiger partial charge < -0.3 is 4.74 Å². The van der Waals surface area contributed by atoms with Gasteiger partial charge in [0.15, 0.2) is 0 Å². The largest absolute Gasteiger partial charge is 0.469 e. The Labute approximate surface area is 96.8 Å². The molecule has 0 saturated carbocycles. The highest BCUT2D eigenvalue weighted by atomic mass is 19.3. The zero-order chi connectivity index (χ0) is 13.0. The van der Waals surface area contributed by atoms with Crippen molar-refractivity contribution in [2.45, 2.75) is 19.8 Å². The Bertz CT molecular complexity index is 481. The monoisotopic (exact) mass is 240 g/mol. The number of hydrogen-bond acceptors (Lipinski definition) is 4. The molecule has 1 heterocycles. The molecule has 1 rings (SSSR count). The molecule has 0 aliphatic rings. The summed E-state index contributed by atoms with van der Waals surface area (Å²) in [6.45, 7) is 1.38. The van der Waals surface area contributed by atoms with Crippen molar-refractivity contribution >= 4 is 5.97 Å². The van der Waals surface area contributed by atoms with E-state index in [-0.39, 0.29) is 28.8 Å². The molecule has 0 unspecified atom stereocenters. The molecular formula is C11H10F2N2O2. The van der Waals surface area contributed by atoms with Gasteiger partial charge in [0.2, 0.25) is 0 Å². The number of carbonyl (C=O) groups excluding carboxylic acids is 1. The predicted molar refractivity (Wildman–Crippen MR) is 54.4 cm³/mol. The highest BCUT2D eigenvalue weighted by molar-refractivity contribution is 5.73. The molecule has 0 amide bonds. The van der Waals surface area contributed by atoms with Gasteiger partial charge in [0.1, 0.15) is 11.8 Å². The minimum absolute atomic E-state index is 0.0612. The zero-order valence-corrected chi connectivity index (χ0v) is 9.33. The van der Waals surface area contributed by atoms with E-state index in [1.165, 1.54) is 14.0 Å². The highest BCUT2D eigenvalue weighted by Crippen LogP contribution is 2.27. The van der Waals surface area contributed by atoms with Gasteiger partial charge in [-0.2, -0.15) is 5.26 Å². The molecule has 0 spiro atoms. The molecule has 0 aliphatic heterocycles. The van der Waals surface area contributed by atoms with Gasteiger partial charge in [-0.05, 0) is 18.1 Å². The summed E-state index contributed by atoms with van der Waals surface area (Å²) in [5.74, 6) is -0.627. The van der Waals surface area contributed by atoms with Gasteiger partial charge in [-0.15, -0.1) is 0 Å². The van der Waals surface area contributed by atoms with E-state index in [1.807, 2.05) is 0 Å². The molecule has 0 atom stereocenters. The van der Waals surface area contributed by atoms with Gasteiger partial charge in [0, 0.05) is 11.8 Å². The van der Waals surface area contributed by atoms with Gasteiger partial charge in [-0.1, -0.05) is 0 Å². The lowest BCUT2D eigenvalue weighted by atomic mass is 10.0. The summed E-state index contributed by atoms with van der Waals surface area (Å²) in [5, 5.41) is 8.69. The number of nitrogens with zero attached hydrogens (tertiary/aromatic N) is 2. The Morgan fingerprint density at radius 2 is 2.29 bits per heavy atom. The number of pyridine rings is 1. The lowest BCUT2D eigenvalue weighted by Crippen LogP contribution is -2.10. The van der Waals surface area contributed by atoms with Crippen LogP contribution in [0.25, 0.3) is 0 Å². The molecule has 1 aromatic heterocycles. The van der Waals surface area contributed by atoms with Crippen molar-refractivity contribution in [2.24, 2.45) is 0 Å². The number of esters is 1. The number of nitriles is 1. The summed E-state index contributed by atoms with van der Waals surface area (Å²) in [6, 6.07) is 1.72. The van der Waals surface area contributed by atoms with Crippen LogP contribution in [0, 0.1) is 18.3 Å². The zero-order valence-electron chi connectivity index (χ0n) is 9.33. The average Bonchev–Trinajstić information content (AvgIpc) is 2.28. The lowest BCUT2D eigenvalue weighted by Gasteiger charge is -2.11. The first-order valence-corrected chi connectivity index (χ1v) is 4.74. The van der Waals surface area contributed by atoms with Gasteiger partial charge in [0.05, 0.1) is 13.5 Å². The minimum atomic E-state index is -2.76. The maximum absolute atomic E-state index is 12.9. The molecule has 0 aromatic carbocycles. The lowest BCUT2D eigenvalue weighted by molar-refractivity contribution is -0.139. The van der Waals surface area contributed by atoms with Crippen LogP contribution < -0.4 is 0 Å². The van der Waals surface area contributed by atoms with E-state index in [4.69, 9.17) is 5.26 Å². The Balaban J connectivity index is 3.27. The third-order valence-corrected chi connectivity index (χ3v) is 2.34. The second-order valence-corrected chi connectivity index (χ2v) is 3.34. The van der Waals surface area contributed by atoms with E-state index >= 15 is 0 Å². The van der Waals surface area contributed by atoms with E-state index in [0.29, 0.717) is 0 Å². The van der Waals surface area contributed by atoms with Gasteiger partial charge in [0.25, 0.3) is 6.43 Å². The highest BCUT2D eigenvalue weighted by Gasteiger charge is 2.21. The Hall–Kier alpha value is -2.03. The van der Waals surface area contributed by atoms with E-state index in [0.717, 1.165) is 6.20 Å². The first kappa shape index (κ1) is 13.0. The minimum Gasteiger partial charge on any atom is -0.469 e. The average molecular weight is 240 g/mol. The molecule has 0 radical (unpaired) electrons. The van der Waals surface area contributed by atoms with Crippen molar-refractivity contribution in [1.82, 2.24) is 4.98 Å². The predicted octanol–water partition coefficient (Wildman–Crippen LogP) is 1.91. The normalized spacial score (nSPS) is 10.1. The van der Waals surface area contributed by atoms with Crippen LogP contribution in [0.15, 0.2) is 6.20 Å². The second kappa shape index (κ2) is 5.34. The van der Waals surface area contributed by atoms with E-state index in [2.05, 4.69) is 9.72 Å². The summed E-state index contributed by atoms with van der Waals surface area (Å²) in [4.78, 5) is 14.8. The first-order chi connectivity index (χ1) is 8.01. The van der Waals surface area contributed by atoms with Crippen molar-refractivity contribution < 1.29 is 18.3 Å². The summed E-state index contributed by atoms with van der Waals surface area (Å²) < 4.78 is 30.1. The van der Waals surface area contributed by atoms with Gasteiger partial charge >= 0.3 is 5.97 Å². The van der Waals surface area contributed by atoms with Crippen molar-refractivity contribution in [2.75, 3.05) is 7.11 Å². The number of methoxy groups -OCH3 is 1. The molecule has 90 valence electrons. The van der Waals surface area contributed by atoms with E-state index < -0.39 is 12.4 Å². The maximum Gasteiger partial charge on any atom is 0.310 e. The summed E-state index contributed by atoms with van der Waals surface area (Å²) in [5.41, 5.74) is -0.192. The molecule has 0 aliphatic carbocycles. The smallest absolute Gasteiger partial charge is 0.310 e. The summed E-state index contributed by atoms with van der Waals surface area (Å²) in [6.07, 6.45) is -1.93. The fourth-order valence-corrected chi connectivity index (χ4v) is 1.46. The molecule has 0 N–H and O–H groups in total. The van der Waals surface area contributed by atoms with Gasteiger partial charge in [-0.25, -0.2) is 13.8 Å². The molecule has 0 bridgehead atoms. The summed E-state index contributed by atoms with van der Waals surface area (Å²) in [7, 11) is 1.17. The number of halogens is 2. The molecule has 0 saturated heterocycles. The van der Waals surface area contributed by atoms with Crippen molar-refractivity contribution in [3.8, 4) is 6.07 Å². The maximum atomic E-state index is 12.9. The molecular weight excluding hydrogens is 230 g/mol. The van der Waals surface area contributed by atoms with Crippen LogP contribution in [0.5, 0.6) is 0 Å². The van der Waals surface area contributed by atoms with Crippen LogP contribution in [-0.2, 0) is 16.0 Å². The number of alkyl halides is 2. The fraction of sp³-hybridized carbons (Fsp3) is 0.364. The van der Waals surface area contributed by atoms with Crippen LogP contribution in [0.4, 0.5) is 8.78 Å². The van der Waals surface area contributed by atoms with Crippen LogP contribution >= 0.6 is 0 Å². The van der Waals surface area contributed by atoms with Crippen molar-refractivity contribution in [3.05, 3.63) is 28.6 Å². The van der Waals surface area contributed by atoms with E-state index in [1.54, 1.807) is 6.07 Å². The molecule has 0 fully saturated rings. The summed E-state index contributed by atoms with van der Waals surface area (Å²) >= 11 is 0. The van der Waals surface area contributed by atoms with Crippen molar-refractivity contribution in [3.63, 3.8) is 0 Å². The Kier molecular flexibility index (Phi) is 4.10. The van der Waals surface area contributed by atoms with Crippen LogP contribution in [0.1, 0.15) is 28.8 Å². The quantitative estimate of drug-likeness (QED) is 0.757. The van der Waals surface area contributed by atoms with Gasteiger partial charge in [-0.3, -0.25) is 4.79 Å². The molecule has 17 heavy (non-hydrogen) atoms. The fourth-order valence-electron chi connectivity index (χ4n) is 1.46. The first-order valence-electron chi connectivity index (χ1n) is 4.74. The van der Waals surface area contributed by atoms with Crippen molar-refractivity contribution in [1.29, 1.82) is 5.26 Å². The molecule has 1 aromatic rings. The standard InChI is InChI=1S/C11H10F2N2O2/c1-6-8(4-14)15-5-7(3-9(16)17-2)10(6)11(12)13/h5,11H,3H2,1-2H3. The Morgan fingerprint density at radius 1 is 1.65 bits per heavy atom. The number of aromatic nitrogens is 1. The number of rotatable bonds is 3. The topological polar surface area (TPSA) is 63.0 Å². The Morgan fingerprint density at radius 3 is 2.76 bits per heavy atom. The SMILES string of the molecule is COC(=O)Cc1cnc(C#N)c(C)c1C(F)F. The number of hydrogen-bond donors (Lipinski definition) is 0. The third-order valence-electron chi connectivity index (χ3n) is 2.34. The number of carbonyl (C=O) groups is 1. The van der Waals surface area contributed by atoms with Crippen LogP contribution in [0.2, 0.25) is 0 Å². The third kappa shape index (κ3) is 2.75. The second-order valence-electron chi connectivity index (χ2n) is 3.34. The number of ether oxygens (including phenoxy) is 1. The van der Waals surface area contributed by atoms with Crippen LogP contribution in [-0.4, -0.2) is 18.1 Å². The van der Waals surface area contributed by atoms with E-state index in [9.17, 15) is 13.6 Å². The van der Waals surface area contributed by atoms with Crippen LogP contribution in [0.3, 0.4) is 0 Å². The molecule has 6 heteroatoms.